The third-order valence-electron chi connectivity index (χ3n) is 9.50. The number of rotatable bonds is 19. The molecule has 0 amide bonds. The molecule has 1 heterocycles. The SMILES string of the molecule is CCOCCOC1c2c(OCc3ccccc3)cc(OCc3ccccc3)cc2O[C@H](c2ccc(OCc3ccccc3)c(OCc3ccccc3)c2)[C@H]1OC(C)=O. The number of carbonyl (C=O) groups excluding carboxylic acids is 1. The van der Waals surface area contributed by atoms with Crippen LogP contribution in [0.1, 0.15) is 59.4 Å². The molecule has 0 saturated heterocycles. The van der Waals surface area contributed by atoms with Crippen molar-refractivity contribution in [1.29, 1.82) is 0 Å². The lowest BCUT2D eigenvalue weighted by atomic mass is 9.90. The maximum atomic E-state index is 12.9. The Hall–Kier alpha value is -6.29. The summed E-state index contributed by atoms with van der Waals surface area (Å²) in [7, 11) is 0. The van der Waals surface area contributed by atoms with E-state index in [1.54, 1.807) is 0 Å². The molecule has 0 aromatic heterocycles. The quantitative estimate of drug-likeness (QED) is 0.0589. The zero-order valence-electron chi connectivity index (χ0n) is 32.8. The molecule has 0 radical (unpaired) electrons. The molecule has 6 aromatic carbocycles. The first-order chi connectivity index (χ1) is 28.5. The number of carbonyl (C=O) groups is 1. The summed E-state index contributed by atoms with van der Waals surface area (Å²) in [4.78, 5) is 12.9. The summed E-state index contributed by atoms with van der Waals surface area (Å²) in [6, 6.07) is 49.0. The van der Waals surface area contributed by atoms with E-state index in [-0.39, 0.29) is 13.2 Å². The van der Waals surface area contributed by atoms with Crippen molar-refractivity contribution in [2.45, 2.75) is 58.6 Å². The Morgan fingerprint density at radius 3 is 1.62 bits per heavy atom. The normalized spacial score (nSPS) is 15.7. The molecule has 0 N–H and O–H groups in total. The van der Waals surface area contributed by atoms with Crippen molar-refractivity contribution in [3.05, 3.63) is 185 Å². The smallest absolute Gasteiger partial charge is 0.303 e. The summed E-state index contributed by atoms with van der Waals surface area (Å²) in [5.74, 6) is 2.08. The van der Waals surface area contributed by atoms with Gasteiger partial charge in [0.25, 0.3) is 0 Å². The van der Waals surface area contributed by atoms with E-state index < -0.39 is 24.3 Å². The third-order valence-corrected chi connectivity index (χ3v) is 9.50. The van der Waals surface area contributed by atoms with E-state index in [1.165, 1.54) is 6.92 Å². The molecule has 298 valence electrons. The van der Waals surface area contributed by atoms with Gasteiger partial charge in [-0.25, -0.2) is 0 Å². The molecule has 6 aromatic rings. The molecular formula is C49H48O9. The Morgan fingerprint density at radius 2 is 1.09 bits per heavy atom. The first-order valence-electron chi connectivity index (χ1n) is 19.6. The van der Waals surface area contributed by atoms with Crippen LogP contribution in [0.25, 0.3) is 0 Å². The van der Waals surface area contributed by atoms with E-state index in [1.807, 2.05) is 159 Å². The lowest BCUT2D eigenvalue weighted by Crippen LogP contribution is -2.39. The molecule has 3 atom stereocenters. The van der Waals surface area contributed by atoms with Crippen LogP contribution in [-0.4, -0.2) is 31.9 Å². The van der Waals surface area contributed by atoms with Gasteiger partial charge in [-0.1, -0.05) is 127 Å². The average molecular weight is 781 g/mol. The number of esters is 1. The summed E-state index contributed by atoms with van der Waals surface area (Å²) in [6.07, 6.45) is -2.57. The Bertz CT molecular complexity index is 2180. The molecule has 7 rings (SSSR count). The van der Waals surface area contributed by atoms with Crippen LogP contribution in [0.5, 0.6) is 28.7 Å². The number of benzene rings is 6. The van der Waals surface area contributed by atoms with Crippen molar-refractivity contribution in [2.24, 2.45) is 0 Å². The molecule has 9 nitrogen and oxygen atoms in total. The molecule has 0 aliphatic carbocycles. The fourth-order valence-electron chi connectivity index (χ4n) is 6.69. The second kappa shape index (κ2) is 20.2. The van der Waals surface area contributed by atoms with Gasteiger partial charge in [0.15, 0.2) is 23.7 Å². The highest BCUT2D eigenvalue weighted by Crippen LogP contribution is 2.51. The number of hydrogen-bond donors (Lipinski definition) is 0. The summed E-state index contributed by atoms with van der Waals surface area (Å²) in [5.41, 5.74) is 5.29. The Labute approximate surface area is 340 Å². The van der Waals surface area contributed by atoms with Crippen LogP contribution in [0, 0.1) is 0 Å². The molecule has 0 saturated carbocycles. The molecule has 9 heteroatoms. The fourth-order valence-corrected chi connectivity index (χ4v) is 6.69. The summed E-state index contributed by atoms with van der Waals surface area (Å²) in [5, 5.41) is 0. The standard InChI is InChI=1S/C49H48O9/c1-3-51-26-27-52-48-46-44(56-34-39-22-14-7-15-23-39)29-41(53-31-36-16-8-4-9-17-36)30-45(46)58-47(49(48)57-35(2)50)40-24-25-42(54-32-37-18-10-5-11-19-37)43(28-40)55-33-38-20-12-6-13-21-38/h4-25,28-30,47-49H,3,26-27,31-34H2,1-2H3/t47-,48?,49-/m1/s1. The largest absolute Gasteiger partial charge is 0.489 e. The highest BCUT2D eigenvalue weighted by molar-refractivity contribution is 5.67. The van der Waals surface area contributed by atoms with Gasteiger partial charge in [0.05, 0.1) is 18.8 Å². The first kappa shape index (κ1) is 39.9. The Morgan fingerprint density at radius 1 is 0.569 bits per heavy atom. The number of ether oxygens (including phenoxy) is 8. The van der Waals surface area contributed by atoms with Crippen LogP contribution in [-0.2, 0) is 45.4 Å². The molecule has 0 fully saturated rings. The summed E-state index contributed by atoms with van der Waals surface area (Å²) in [6.45, 7) is 5.66. The van der Waals surface area contributed by atoms with Gasteiger partial charge >= 0.3 is 5.97 Å². The second-order valence-corrected chi connectivity index (χ2v) is 13.7. The topological polar surface area (TPSA) is 90.9 Å². The highest BCUT2D eigenvalue weighted by atomic mass is 16.6. The van der Waals surface area contributed by atoms with Crippen LogP contribution >= 0.6 is 0 Å². The van der Waals surface area contributed by atoms with Crippen molar-refractivity contribution >= 4 is 5.97 Å². The van der Waals surface area contributed by atoms with Crippen LogP contribution in [0.3, 0.4) is 0 Å². The molecule has 1 unspecified atom stereocenters. The van der Waals surface area contributed by atoms with Gasteiger partial charge < -0.3 is 37.9 Å². The zero-order chi connectivity index (χ0) is 39.9. The zero-order valence-corrected chi connectivity index (χ0v) is 32.8. The van der Waals surface area contributed by atoms with Gasteiger partial charge in [-0.3, -0.25) is 4.79 Å². The van der Waals surface area contributed by atoms with Gasteiger partial charge in [-0.05, 0) is 41.3 Å². The second-order valence-electron chi connectivity index (χ2n) is 13.7. The molecular weight excluding hydrogens is 733 g/mol. The molecule has 0 bridgehead atoms. The van der Waals surface area contributed by atoms with Crippen LogP contribution in [0.2, 0.25) is 0 Å². The fraction of sp³-hybridized carbons (Fsp3) is 0.245. The summed E-state index contributed by atoms with van der Waals surface area (Å²) >= 11 is 0. The maximum Gasteiger partial charge on any atom is 0.303 e. The minimum atomic E-state index is -0.931. The number of fused-ring (bicyclic) bond motifs is 1. The predicted molar refractivity (Wildman–Crippen MR) is 220 cm³/mol. The van der Waals surface area contributed by atoms with E-state index in [9.17, 15) is 4.79 Å². The van der Waals surface area contributed by atoms with Crippen LogP contribution in [0.15, 0.2) is 152 Å². The van der Waals surface area contributed by atoms with Crippen molar-refractivity contribution < 1.29 is 42.7 Å². The van der Waals surface area contributed by atoms with Gasteiger partial charge in [-0.2, -0.15) is 0 Å². The van der Waals surface area contributed by atoms with Crippen molar-refractivity contribution in [2.75, 3.05) is 19.8 Å². The minimum Gasteiger partial charge on any atom is -0.489 e. The Balaban J connectivity index is 1.29. The van der Waals surface area contributed by atoms with E-state index in [2.05, 4.69) is 0 Å². The van der Waals surface area contributed by atoms with E-state index in [0.29, 0.717) is 72.9 Å². The van der Waals surface area contributed by atoms with E-state index in [4.69, 9.17) is 37.9 Å². The van der Waals surface area contributed by atoms with Crippen molar-refractivity contribution in [3.63, 3.8) is 0 Å². The third kappa shape index (κ3) is 10.8. The number of hydrogen-bond acceptors (Lipinski definition) is 9. The van der Waals surface area contributed by atoms with Crippen LogP contribution < -0.4 is 23.7 Å². The van der Waals surface area contributed by atoms with E-state index in [0.717, 1.165) is 22.3 Å². The van der Waals surface area contributed by atoms with Gasteiger partial charge in [0.2, 0.25) is 0 Å². The molecule has 1 aliphatic rings. The van der Waals surface area contributed by atoms with Gasteiger partial charge in [0.1, 0.15) is 49.8 Å². The van der Waals surface area contributed by atoms with Crippen LogP contribution in [0.4, 0.5) is 0 Å². The van der Waals surface area contributed by atoms with E-state index >= 15 is 0 Å². The average Bonchev–Trinajstić information content (AvgIpc) is 3.26. The first-order valence-corrected chi connectivity index (χ1v) is 19.6. The van der Waals surface area contributed by atoms with Crippen molar-refractivity contribution in [3.8, 4) is 28.7 Å². The minimum absolute atomic E-state index is 0.227. The van der Waals surface area contributed by atoms with Crippen molar-refractivity contribution in [1.82, 2.24) is 0 Å². The lowest BCUT2D eigenvalue weighted by Gasteiger charge is -2.39. The molecule has 0 spiro atoms. The maximum absolute atomic E-state index is 12.9. The summed E-state index contributed by atoms with van der Waals surface area (Å²) < 4.78 is 51.1. The monoisotopic (exact) mass is 780 g/mol. The van der Waals surface area contributed by atoms with Gasteiger partial charge in [0, 0.05) is 31.2 Å². The molecule has 1 aliphatic heterocycles. The predicted octanol–water partition coefficient (Wildman–Crippen LogP) is 10.2. The molecule has 58 heavy (non-hydrogen) atoms. The Kier molecular flexibility index (Phi) is 13.9. The van der Waals surface area contributed by atoms with Gasteiger partial charge in [-0.15, -0.1) is 0 Å². The highest BCUT2D eigenvalue weighted by Gasteiger charge is 2.45. The lowest BCUT2D eigenvalue weighted by molar-refractivity contribution is -0.171.